The van der Waals surface area contributed by atoms with Gasteiger partial charge in [-0.1, -0.05) is 18.2 Å². The number of fused-ring (bicyclic) bond motifs is 1. The number of Topliss-reactive ketones (excluding diaryl/α,β-unsaturated/α-hetero) is 1. The molecule has 2 N–H and O–H groups in total. The molecule has 0 unspecified atom stereocenters. The lowest BCUT2D eigenvalue weighted by atomic mass is 10.2. The minimum Gasteiger partial charge on any atom is -0.361 e. The number of benzene rings is 1. The maximum absolute atomic E-state index is 10.8. The van der Waals surface area contributed by atoms with Crippen LogP contribution < -0.4 is 5.32 Å². The highest BCUT2D eigenvalue weighted by Crippen LogP contribution is 2.16. The van der Waals surface area contributed by atoms with E-state index in [0.717, 1.165) is 12.1 Å². The average Bonchev–Trinajstić information content (AvgIpc) is 2.62. The van der Waals surface area contributed by atoms with Crippen molar-refractivity contribution in [3.05, 3.63) is 36.0 Å². The second-order valence-electron chi connectivity index (χ2n) is 3.67. The van der Waals surface area contributed by atoms with Gasteiger partial charge < -0.3 is 10.3 Å². The van der Waals surface area contributed by atoms with Crippen molar-refractivity contribution in [1.29, 1.82) is 0 Å². The number of carbonyl (C=O) groups is 1. The van der Waals surface area contributed by atoms with E-state index in [0.29, 0.717) is 6.54 Å². The zero-order valence-electron chi connectivity index (χ0n) is 8.71. The second-order valence-corrected chi connectivity index (χ2v) is 3.67. The first kappa shape index (κ1) is 9.93. The van der Waals surface area contributed by atoms with Gasteiger partial charge in [0.05, 0.1) is 6.54 Å². The monoisotopic (exact) mass is 202 g/mol. The van der Waals surface area contributed by atoms with Crippen LogP contribution in [0.5, 0.6) is 0 Å². The number of aromatic amines is 1. The molecule has 0 saturated carbocycles. The first-order valence-corrected chi connectivity index (χ1v) is 5.02. The lowest BCUT2D eigenvalue weighted by Gasteiger charge is -2.00. The quantitative estimate of drug-likeness (QED) is 0.794. The van der Waals surface area contributed by atoms with Crippen LogP contribution in [-0.2, 0) is 11.3 Å². The zero-order valence-corrected chi connectivity index (χ0v) is 8.71. The Morgan fingerprint density at radius 2 is 2.20 bits per heavy atom. The molecule has 2 rings (SSSR count). The number of para-hydroxylation sites is 1. The molecule has 0 fully saturated rings. The predicted octanol–water partition coefficient (Wildman–Crippen LogP) is 1.85. The van der Waals surface area contributed by atoms with Crippen LogP contribution in [-0.4, -0.2) is 17.3 Å². The fourth-order valence-corrected chi connectivity index (χ4v) is 1.65. The average molecular weight is 202 g/mol. The normalized spacial score (nSPS) is 10.7. The van der Waals surface area contributed by atoms with Gasteiger partial charge in [0.2, 0.25) is 0 Å². The molecule has 0 saturated heterocycles. The van der Waals surface area contributed by atoms with Gasteiger partial charge in [-0.2, -0.15) is 0 Å². The van der Waals surface area contributed by atoms with Gasteiger partial charge in [-0.05, 0) is 18.6 Å². The van der Waals surface area contributed by atoms with E-state index in [4.69, 9.17) is 0 Å². The van der Waals surface area contributed by atoms with Gasteiger partial charge in [-0.15, -0.1) is 0 Å². The van der Waals surface area contributed by atoms with Crippen LogP contribution in [0.15, 0.2) is 30.5 Å². The Bertz CT molecular complexity index is 473. The summed E-state index contributed by atoms with van der Waals surface area (Å²) in [5.74, 6) is 0.162. The van der Waals surface area contributed by atoms with E-state index in [2.05, 4.69) is 16.4 Å². The van der Waals surface area contributed by atoms with E-state index in [9.17, 15) is 4.79 Å². The second kappa shape index (κ2) is 4.28. The fraction of sp³-hybridized carbons (Fsp3) is 0.250. The van der Waals surface area contributed by atoms with E-state index in [-0.39, 0.29) is 5.78 Å². The number of hydrogen-bond donors (Lipinski definition) is 2. The van der Waals surface area contributed by atoms with Crippen molar-refractivity contribution in [3.63, 3.8) is 0 Å². The molecule has 0 bridgehead atoms. The highest BCUT2D eigenvalue weighted by molar-refractivity contribution is 5.83. The highest BCUT2D eigenvalue weighted by Gasteiger charge is 2.02. The predicted molar refractivity (Wildman–Crippen MR) is 60.7 cm³/mol. The zero-order chi connectivity index (χ0) is 10.7. The molecule has 2 aromatic rings. The third kappa shape index (κ3) is 2.25. The maximum atomic E-state index is 10.8. The van der Waals surface area contributed by atoms with Crippen molar-refractivity contribution in [3.8, 4) is 0 Å². The molecule has 15 heavy (non-hydrogen) atoms. The van der Waals surface area contributed by atoms with E-state index >= 15 is 0 Å². The van der Waals surface area contributed by atoms with Crippen molar-refractivity contribution < 1.29 is 4.79 Å². The molecule has 78 valence electrons. The van der Waals surface area contributed by atoms with E-state index in [1.54, 1.807) is 6.92 Å². The topological polar surface area (TPSA) is 44.9 Å². The Kier molecular flexibility index (Phi) is 2.83. The number of nitrogens with one attached hydrogen (secondary N) is 2. The van der Waals surface area contributed by atoms with Crippen molar-refractivity contribution in [2.75, 3.05) is 6.54 Å². The van der Waals surface area contributed by atoms with Gasteiger partial charge in [0, 0.05) is 23.6 Å². The molecular formula is C12H14N2O. The Labute approximate surface area is 88.5 Å². The van der Waals surface area contributed by atoms with Crippen LogP contribution in [0.4, 0.5) is 0 Å². The largest absolute Gasteiger partial charge is 0.361 e. The molecule has 0 aliphatic heterocycles. The van der Waals surface area contributed by atoms with Crippen LogP contribution in [0.2, 0.25) is 0 Å². The first-order valence-electron chi connectivity index (χ1n) is 5.02. The molecule has 1 aromatic carbocycles. The molecule has 1 heterocycles. The van der Waals surface area contributed by atoms with Gasteiger partial charge >= 0.3 is 0 Å². The lowest BCUT2D eigenvalue weighted by molar-refractivity contribution is -0.116. The van der Waals surface area contributed by atoms with Crippen LogP contribution in [0.25, 0.3) is 10.9 Å². The van der Waals surface area contributed by atoms with Crippen molar-refractivity contribution >= 4 is 16.7 Å². The van der Waals surface area contributed by atoms with Gasteiger partial charge in [0.15, 0.2) is 0 Å². The smallest absolute Gasteiger partial charge is 0.143 e. The minimum atomic E-state index is 0.162. The molecule has 3 nitrogen and oxygen atoms in total. The summed E-state index contributed by atoms with van der Waals surface area (Å²) in [7, 11) is 0. The molecule has 0 atom stereocenters. The Morgan fingerprint density at radius 1 is 1.40 bits per heavy atom. The summed E-state index contributed by atoms with van der Waals surface area (Å²) in [6.07, 6.45) is 1.98. The fourth-order valence-electron chi connectivity index (χ4n) is 1.65. The van der Waals surface area contributed by atoms with E-state index < -0.39 is 0 Å². The Balaban J connectivity index is 2.11. The van der Waals surface area contributed by atoms with E-state index in [1.807, 2.05) is 24.4 Å². The summed E-state index contributed by atoms with van der Waals surface area (Å²) in [4.78, 5) is 14.0. The van der Waals surface area contributed by atoms with Crippen LogP contribution in [0.3, 0.4) is 0 Å². The molecule has 0 radical (unpaired) electrons. The maximum Gasteiger partial charge on any atom is 0.143 e. The number of hydrogen-bond acceptors (Lipinski definition) is 2. The number of carbonyl (C=O) groups excluding carboxylic acids is 1. The standard InChI is InChI=1S/C12H14N2O/c1-9(15)6-13-7-10-8-14-12-5-3-2-4-11(10)12/h2-5,8,13-14H,6-7H2,1H3. The van der Waals surface area contributed by atoms with Gasteiger partial charge in [-0.3, -0.25) is 4.79 Å². The third-order valence-corrected chi connectivity index (χ3v) is 2.36. The molecule has 1 aromatic heterocycles. The summed E-state index contributed by atoms with van der Waals surface area (Å²) in [5.41, 5.74) is 2.34. The minimum absolute atomic E-state index is 0.162. The molecule has 3 heteroatoms. The van der Waals surface area contributed by atoms with Crippen molar-refractivity contribution in [1.82, 2.24) is 10.3 Å². The molecular weight excluding hydrogens is 188 g/mol. The molecule has 0 aliphatic rings. The number of ketones is 1. The third-order valence-electron chi connectivity index (χ3n) is 2.36. The van der Waals surface area contributed by atoms with Crippen molar-refractivity contribution in [2.24, 2.45) is 0 Å². The van der Waals surface area contributed by atoms with Gasteiger partial charge in [-0.25, -0.2) is 0 Å². The van der Waals surface area contributed by atoms with Crippen LogP contribution >= 0.6 is 0 Å². The Hall–Kier alpha value is -1.61. The highest BCUT2D eigenvalue weighted by atomic mass is 16.1. The number of rotatable bonds is 4. The van der Waals surface area contributed by atoms with Crippen LogP contribution in [0, 0.1) is 0 Å². The summed E-state index contributed by atoms with van der Waals surface area (Å²) in [5, 5.41) is 4.33. The van der Waals surface area contributed by atoms with Crippen molar-refractivity contribution in [2.45, 2.75) is 13.5 Å². The number of aromatic nitrogens is 1. The van der Waals surface area contributed by atoms with Gasteiger partial charge in [0.1, 0.15) is 5.78 Å². The molecule has 0 spiro atoms. The molecule has 0 aliphatic carbocycles. The Morgan fingerprint density at radius 3 is 3.00 bits per heavy atom. The summed E-state index contributed by atoms with van der Waals surface area (Å²) in [6.45, 7) is 2.74. The lowest BCUT2D eigenvalue weighted by Crippen LogP contribution is -2.20. The summed E-state index contributed by atoms with van der Waals surface area (Å²) in [6, 6.07) is 8.15. The first-order chi connectivity index (χ1) is 7.27. The summed E-state index contributed by atoms with van der Waals surface area (Å²) >= 11 is 0. The number of H-pyrrole nitrogens is 1. The van der Waals surface area contributed by atoms with Crippen LogP contribution in [0.1, 0.15) is 12.5 Å². The summed E-state index contributed by atoms with van der Waals surface area (Å²) < 4.78 is 0. The SMILES string of the molecule is CC(=O)CNCc1c[nH]c2ccccc12. The van der Waals surface area contributed by atoms with Gasteiger partial charge in [0.25, 0.3) is 0 Å². The molecule has 0 amide bonds. The van der Waals surface area contributed by atoms with E-state index in [1.165, 1.54) is 10.9 Å².